The molecular formula is C18H21N3O2. The van der Waals surface area contributed by atoms with Crippen LogP contribution in [-0.4, -0.2) is 42.5 Å². The largest absolute Gasteiger partial charge is 0.369 e. The molecule has 5 nitrogen and oxygen atoms in total. The maximum Gasteiger partial charge on any atom is 0.269 e. The predicted octanol–water partition coefficient (Wildman–Crippen LogP) is 2.96. The molecule has 3 rings (SSSR count). The van der Waals surface area contributed by atoms with Crippen LogP contribution >= 0.6 is 0 Å². The molecule has 120 valence electrons. The standard InChI is InChI=1S/C18H21N3O2/c22-21(23)18-8-4-5-16(15-18)9-10-19-11-13-20(14-12-19)17-6-2-1-3-7-17/h1-8,15H,9-14H2. The van der Waals surface area contributed by atoms with Gasteiger partial charge in [0.25, 0.3) is 5.69 Å². The zero-order valence-corrected chi connectivity index (χ0v) is 13.1. The topological polar surface area (TPSA) is 49.6 Å². The average molecular weight is 311 g/mol. The molecule has 2 aromatic rings. The third kappa shape index (κ3) is 4.07. The minimum absolute atomic E-state index is 0.177. The fourth-order valence-corrected chi connectivity index (χ4v) is 2.98. The maximum atomic E-state index is 10.8. The van der Waals surface area contributed by atoms with Crippen molar-refractivity contribution < 1.29 is 4.92 Å². The van der Waals surface area contributed by atoms with Crippen molar-refractivity contribution in [3.63, 3.8) is 0 Å². The molecule has 0 N–H and O–H groups in total. The van der Waals surface area contributed by atoms with Crippen LogP contribution in [-0.2, 0) is 6.42 Å². The Morgan fingerprint density at radius 3 is 2.39 bits per heavy atom. The first-order valence-corrected chi connectivity index (χ1v) is 7.98. The van der Waals surface area contributed by atoms with Crippen LogP contribution in [0.4, 0.5) is 11.4 Å². The fraction of sp³-hybridized carbons (Fsp3) is 0.333. The number of non-ortho nitro benzene ring substituents is 1. The summed E-state index contributed by atoms with van der Waals surface area (Å²) < 4.78 is 0. The van der Waals surface area contributed by atoms with E-state index in [0.717, 1.165) is 44.7 Å². The van der Waals surface area contributed by atoms with Crippen LogP contribution in [0, 0.1) is 10.1 Å². The molecule has 1 saturated heterocycles. The quantitative estimate of drug-likeness (QED) is 0.629. The lowest BCUT2D eigenvalue weighted by Crippen LogP contribution is -2.46. The van der Waals surface area contributed by atoms with E-state index in [1.165, 1.54) is 5.69 Å². The Balaban J connectivity index is 1.49. The van der Waals surface area contributed by atoms with E-state index in [1.54, 1.807) is 18.2 Å². The molecule has 0 bridgehead atoms. The molecule has 1 fully saturated rings. The van der Waals surface area contributed by atoms with Crippen molar-refractivity contribution in [1.82, 2.24) is 4.90 Å². The summed E-state index contributed by atoms with van der Waals surface area (Å²) in [7, 11) is 0. The number of hydrogen-bond donors (Lipinski definition) is 0. The minimum atomic E-state index is -0.331. The van der Waals surface area contributed by atoms with E-state index in [4.69, 9.17) is 0 Å². The van der Waals surface area contributed by atoms with Crippen molar-refractivity contribution in [2.75, 3.05) is 37.6 Å². The van der Waals surface area contributed by atoms with E-state index in [1.807, 2.05) is 12.1 Å². The molecule has 1 aliphatic heterocycles. The third-order valence-corrected chi connectivity index (χ3v) is 4.33. The molecule has 0 spiro atoms. The lowest BCUT2D eigenvalue weighted by Gasteiger charge is -2.36. The number of para-hydroxylation sites is 1. The number of nitro groups is 1. The van der Waals surface area contributed by atoms with E-state index in [2.05, 4.69) is 34.1 Å². The molecule has 0 aromatic heterocycles. The highest BCUT2D eigenvalue weighted by Crippen LogP contribution is 2.17. The SMILES string of the molecule is O=[N+]([O-])c1cccc(CCN2CCN(c3ccccc3)CC2)c1. The summed E-state index contributed by atoms with van der Waals surface area (Å²) in [6.07, 6.45) is 0.854. The molecule has 0 saturated carbocycles. The van der Waals surface area contributed by atoms with Gasteiger partial charge in [-0.1, -0.05) is 30.3 Å². The Bertz CT molecular complexity index is 652. The Labute approximate surface area is 136 Å². The number of rotatable bonds is 5. The second kappa shape index (κ2) is 7.24. The van der Waals surface area contributed by atoms with Gasteiger partial charge in [-0.15, -0.1) is 0 Å². The molecule has 0 radical (unpaired) electrons. The third-order valence-electron chi connectivity index (χ3n) is 4.33. The van der Waals surface area contributed by atoms with Crippen molar-refractivity contribution in [2.45, 2.75) is 6.42 Å². The summed E-state index contributed by atoms with van der Waals surface area (Å²) in [5.41, 5.74) is 2.49. The van der Waals surface area contributed by atoms with E-state index in [-0.39, 0.29) is 10.6 Å². The molecule has 1 heterocycles. The molecule has 0 unspecified atom stereocenters. The van der Waals surface area contributed by atoms with E-state index < -0.39 is 0 Å². The summed E-state index contributed by atoms with van der Waals surface area (Å²) in [4.78, 5) is 15.3. The highest BCUT2D eigenvalue weighted by molar-refractivity contribution is 5.46. The number of benzene rings is 2. The zero-order valence-electron chi connectivity index (χ0n) is 13.1. The Morgan fingerprint density at radius 1 is 0.957 bits per heavy atom. The van der Waals surface area contributed by atoms with Crippen LogP contribution in [0.3, 0.4) is 0 Å². The summed E-state index contributed by atoms with van der Waals surface area (Å²) >= 11 is 0. The number of nitrogens with zero attached hydrogens (tertiary/aromatic N) is 3. The Hall–Kier alpha value is -2.40. The second-order valence-corrected chi connectivity index (χ2v) is 5.84. The van der Waals surface area contributed by atoms with Crippen LogP contribution in [0.2, 0.25) is 0 Å². The van der Waals surface area contributed by atoms with Crippen molar-refractivity contribution in [3.8, 4) is 0 Å². The first-order valence-electron chi connectivity index (χ1n) is 7.98. The number of piperazine rings is 1. The lowest BCUT2D eigenvalue weighted by molar-refractivity contribution is -0.384. The van der Waals surface area contributed by atoms with Gasteiger partial charge in [-0.2, -0.15) is 0 Å². The van der Waals surface area contributed by atoms with Crippen LogP contribution < -0.4 is 4.90 Å². The summed E-state index contributed by atoms with van der Waals surface area (Å²) in [5, 5.41) is 10.8. The summed E-state index contributed by atoms with van der Waals surface area (Å²) in [6.45, 7) is 5.06. The van der Waals surface area contributed by atoms with Gasteiger partial charge in [0.2, 0.25) is 0 Å². The molecule has 0 amide bonds. The molecular weight excluding hydrogens is 290 g/mol. The molecule has 5 heteroatoms. The first kappa shape index (κ1) is 15.5. The Kier molecular flexibility index (Phi) is 4.88. The van der Waals surface area contributed by atoms with Gasteiger partial charge in [0, 0.05) is 50.5 Å². The van der Waals surface area contributed by atoms with Gasteiger partial charge in [-0.3, -0.25) is 15.0 Å². The van der Waals surface area contributed by atoms with Gasteiger partial charge in [0.05, 0.1) is 4.92 Å². The van der Waals surface area contributed by atoms with Gasteiger partial charge in [0.15, 0.2) is 0 Å². The van der Waals surface area contributed by atoms with Crippen LogP contribution in [0.1, 0.15) is 5.56 Å². The monoisotopic (exact) mass is 311 g/mol. The Morgan fingerprint density at radius 2 is 1.70 bits per heavy atom. The van der Waals surface area contributed by atoms with Crippen molar-refractivity contribution in [3.05, 3.63) is 70.3 Å². The average Bonchev–Trinajstić information content (AvgIpc) is 2.61. The van der Waals surface area contributed by atoms with Gasteiger partial charge in [-0.25, -0.2) is 0 Å². The molecule has 23 heavy (non-hydrogen) atoms. The van der Waals surface area contributed by atoms with Gasteiger partial charge < -0.3 is 4.90 Å². The molecule has 0 aliphatic carbocycles. The van der Waals surface area contributed by atoms with Crippen molar-refractivity contribution in [1.29, 1.82) is 0 Å². The molecule has 1 aliphatic rings. The van der Waals surface area contributed by atoms with Gasteiger partial charge in [-0.05, 0) is 24.1 Å². The number of anilines is 1. The first-order chi connectivity index (χ1) is 11.2. The predicted molar refractivity (Wildman–Crippen MR) is 91.9 cm³/mol. The highest BCUT2D eigenvalue weighted by atomic mass is 16.6. The summed E-state index contributed by atoms with van der Waals surface area (Å²) in [6, 6.07) is 17.4. The van der Waals surface area contributed by atoms with Gasteiger partial charge in [0.1, 0.15) is 0 Å². The second-order valence-electron chi connectivity index (χ2n) is 5.84. The highest BCUT2D eigenvalue weighted by Gasteiger charge is 2.17. The van der Waals surface area contributed by atoms with Crippen molar-refractivity contribution >= 4 is 11.4 Å². The zero-order chi connectivity index (χ0) is 16.1. The maximum absolute atomic E-state index is 10.8. The van der Waals surface area contributed by atoms with E-state index in [9.17, 15) is 10.1 Å². The smallest absolute Gasteiger partial charge is 0.269 e. The lowest BCUT2D eigenvalue weighted by atomic mass is 10.1. The van der Waals surface area contributed by atoms with Crippen LogP contribution in [0.25, 0.3) is 0 Å². The number of hydrogen-bond acceptors (Lipinski definition) is 4. The molecule has 0 atom stereocenters. The molecule has 2 aromatic carbocycles. The van der Waals surface area contributed by atoms with E-state index >= 15 is 0 Å². The fourth-order valence-electron chi connectivity index (χ4n) is 2.98. The minimum Gasteiger partial charge on any atom is -0.369 e. The van der Waals surface area contributed by atoms with Crippen LogP contribution in [0.15, 0.2) is 54.6 Å². The summed E-state index contributed by atoms with van der Waals surface area (Å²) in [5.74, 6) is 0. The number of nitro benzene ring substituents is 1. The van der Waals surface area contributed by atoms with Crippen LogP contribution in [0.5, 0.6) is 0 Å². The normalized spacial score (nSPS) is 15.6. The van der Waals surface area contributed by atoms with E-state index in [0.29, 0.717) is 0 Å². The van der Waals surface area contributed by atoms with Crippen molar-refractivity contribution in [2.24, 2.45) is 0 Å². The van der Waals surface area contributed by atoms with Gasteiger partial charge >= 0.3 is 0 Å².